The predicted molar refractivity (Wildman–Crippen MR) is 215 cm³/mol. The molecule has 0 saturated carbocycles. The Hall–Kier alpha value is -5.60. The fraction of sp³-hybridized carbons (Fsp3) is 0.149. The molecule has 49 heavy (non-hydrogen) atoms. The molecule has 0 aliphatic rings. The molecule has 6 aromatic rings. The van der Waals surface area contributed by atoms with Crippen molar-refractivity contribution in [1.29, 1.82) is 0 Å². The van der Waals surface area contributed by atoms with E-state index in [-0.39, 0.29) is 0 Å². The summed E-state index contributed by atoms with van der Waals surface area (Å²) in [6.07, 6.45) is 11.8. The summed E-state index contributed by atoms with van der Waals surface area (Å²) in [4.78, 5) is 4.80. The van der Waals surface area contributed by atoms with Gasteiger partial charge in [0.05, 0.1) is 11.4 Å². The minimum Gasteiger partial charge on any atom is -0.310 e. The average Bonchev–Trinajstić information content (AvgIpc) is 3.14. The average molecular weight is 639 g/mol. The van der Waals surface area contributed by atoms with E-state index < -0.39 is 0 Å². The number of rotatable bonds is 10. The van der Waals surface area contributed by atoms with Crippen LogP contribution in [0.2, 0.25) is 0 Å². The minimum atomic E-state index is 0.947. The zero-order chi connectivity index (χ0) is 34.3. The van der Waals surface area contributed by atoms with Crippen molar-refractivity contribution in [3.63, 3.8) is 0 Å². The van der Waals surface area contributed by atoms with Crippen LogP contribution in [0.3, 0.4) is 0 Å². The number of benzene rings is 6. The topological polar surface area (TPSA) is 6.48 Å². The Balaban J connectivity index is 1.40. The van der Waals surface area contributed by atoms with E-state index in [0.717, 1.165) is 29.2 Å². The van der Waals surface area contributed by atoms with E-state index in [4.69, 9.17) is 0 Å². The Morgan fingerprint density at radius 3 is 1.80 bits per heavy atom. The van der Waals surface area contributed by atoms with E-state index in [0.29, 0.717) is 0 Å². The Morgan fingerprint density at radius 2 is 1.16 bits per heavy atom. The first kappa shape index (κ1) is 33.3. The van der Waals surface area contributed by atoms with Crippen LogP contribution < -0.4 is 9.80 Å². The number of para-hydroxylation sites is 1. The standard InChI is InChI=1S/C47H46N2/c1-7-16-38-24-22-34(5)46(44(38)10-4)49(41-19-12-11-13-20-41)43-32-28-37(29-33-43)36-26-30-42(31-27-36)48(40(9-3)17-8-2)47-35(6)23-25-39-18-14-15-21-45(39)47/h7-9,11-33H,10H2,1-6H3/b16-7-,17-8-,40-9+. The third-order valence-corrected chi connectivity index (χ3v) is 9.26. The number of fused-ring (bicyclic) bond motifs is 1. The van der Waals surface area contributed by atoms with Crippen molar-refractivity contribution in [2.75, 3.05) is 9.80 Å². The van der Waals surface area contributed by atoms with Crippen LogP contribution in [0.4, 0.5) is 28.4 Å². The lowest BCUT2D eigenvalue weighted by Crippen LogP contribution is -2.16. The van der Waals surface area contributed by atoms with E-state index in [2.05, 4.69) is 209 Å². The number of nitrogens with zero attached hydrogens (tertiary/aromatic N) is 2. The molecule has 0 aliphatic heterocycles. The summed E-state index contributed by atoms with van der Waals surface area (Å²) >= 11 is 0. The largest absolute Gasteiger partial charge is 0.310 e. The number of hydrogen-bond donors (Lipinski definition) is 0. The summed E-state index contributed by atoms with van der Waals surface area (Å²) in [7, 11) is 0. The SMILES string of the molecule is C/C=C\C(=C/C)N(c1ccc(-c2ccc(N(c3ccccc3)c3c(C)ccc(/C=C\C)c3CC)cc2)cc1)c1c(C)ccc2ccccc12. The molecule has 6 rings (SSSR count). The van der Waals surface area contributed by atoms with Gasteiger partial charge in [-0.15, -0.1) is 0 Å². The fourth-order valence-corrected chi connectivity index (χ4v) is 6.92. The van der Waals surface area contributed by atoms with E-state index in [1.807, 2.05) is 0 Å². The summed E-state index contributed by atoms with van der Waals surface area (Å²) in [5, 5.41) is 2.48. The molecule has 244 valence electrons. The van der Waals surface area contributed by atoms with Crippen LogP contribution in [0.25, 0.3) is 28.0 Å². The lowest BCUT2D eigenvalue weighted by atomic mass is 9.96. The highest BCUT2D eigenvalue weighted by Gasteiger charge is 2.21. The number of anilines is 5. The normalized spacial score (nSPS) is 11.9. The molecule has 0 heterocycles. The smallest absolute Gasteiger partial charge is 0.0569 e. The maximum Gasteiger partial charge on any atom is 0.0569 e. The quantitative estimate of drug-likeness (QED) is 0.138. The molecule has 0 bridgehead atoms. The van der Waals surface area contributed by atoms with Gasteiger partial charge in [-0.2, -0.15) is 0 Å². The van der Waals surface area contributed by atoms with Crippen LogP contribution in [0.1, 0.15) is 49.9 Å². The van der Waals surface area contributed by atoms with Crippen molar-refractivity contribution in [3.8, 4) is 11.1 Å². The molecule has 2 nitrogen and oxygen atoms in total. The highest BCUT2D eigenvalue weighted by Crippen LogP contribution is 2.42. The summed E-state index contributed by atoms with van der Waals surface area (Å²) < 4.78 is 0. The number of hydrogen-bond acceptors (Lipinski definition) is 2. The van der Waals surface area contributed by atoms with Gasteiger partial charge in [0, 0.05) is 28.1 Å². The van der Waals surface area contributed by atoms with Gasteiger partial charge in [-0.1, -0.05) is 122 Å². The highest BCUT2D eigenvalue weighted by atomic mass is 15.2. The molecule has 0 fully saturated rings. The van der Waals surface area contributed by atoms with Crippen molar-refractivity contribution >= 4 is 45.3 Å². The maximum absolute atomic E-state index is 2.41. The Labute approximate surface area is 293 Å². The Kier molecular flexibility index (Phi) is 10.3. The van der Waals surface area contributed by atoms with E-state index >= 15 is 0 Å². The van der Waals surface area contributed by atoms with Gasteiger partial charge in [0.25, 0.3) is 0 Å². The molecule has 0 aliphatic carbocycles. The molecular weight excluding hydrogens is 593 g/mol. The Morgan fingerprint density at radius 1 is 0.571 bits per heavy atom. The molecule has 0 unspecified atom stereocenters. The molecule has 0 radical (unpaired) electrons. The molecule has 2 heteroatoms. The summed E-state index contributed by atoms with van der Waals surface area (Å²) in [5.74, 6) is 0. The first-order chi connectivity index (χ1) is 24.0. The summed E-state index contributed by atoms with van der Waals surface area (Å²) in [6, 6.07) is 46.3. The van der Waals surface area contributed by atoms with Crippen LogP contribution in [0.15, 0.2) is 157 Å². The third kappa shape index (κ3) is 6.73. The lowest BCUT2D eigenvalue weighted by molar-refractivity contribution is 1.09. The van der Waals surface area contributed by atoms with E-state index in [1.54, 1.807) is 0 Å². The maximum atomic E-state index is 2.41. The van der Waals surface area contributed by atoms with Gasteiger partial charge in [-0.05, 0) is 122 Å². The second-order valence-electron chi connectivity index (χ2n) is 12.4. The second-order valence-corrected chi connectivity index (χ2v) is 12.4. The summed E-state index contributed by atoms with van der Waals surface area (Å²) in [6.45, 7) is 12.9. The molecule has 0 aromatic heterocycles. The monoisotopic (exact) mass is 638 g/mol. The van der Waals surface area contributed by atoms with E-state index in [1.165, 1.54) is 55.5 Å². The zero-order valence-electron chi connectivity index (χ0n) is 29.6. The number of allylic oxidation sites excluding steroid dienone is 4. The fourth-order valence-electron chi connectivity index (χ4n) is 6.92. The van der Waals surface area contributed by atoms with Gasteiger partial charge >= 0.3 is 0 Å². The third-order valence-electron chi connectivity index (χ3n) is 9.26. The molecular formula is C47H46N2. The molecule has 0 atom stereocenters. The lowest BCUT2D eigenvalue weighted by Gasteiger charge is -2.30. The van der Waals surface area contributed by atoms with Crippen LogP contribution >= 0.6 is 0 Å². The predicted octanol–water partition coefficient (Wildman–Crippen LogP) is 13.8. The van der Waals surface area contributed by atoms with E-state index in [9.17, 15) is 0 Å². The van der Waals surface area contributed by atoms with Gasteiger partial charge in [0.1, 0.15) is 0 Å². The first-order valence-electron chi connectivity index (χ1n) is 17.4. The summed E-state index contributed by atoms with van der Waals surface area (Å²) in [5.41, 5.74) is 14.5. The van der Waals surface area contributed by atoms with Crippen LogP contribution in [-0.2, 0) is 6.42 Å². The first-order valence-corrected chi connectivity index (χ1v) is 17.4. The van der Waals surface area contributed by atoms with Gasteiger partial charge in [0.2, 0.25) is 0 Å². The van der Waals surface area contributed by atoms with Crippen molar-refractivity contribution in [2.45, 2.75) is 48.0 Å². The van der Waals surface area contributed by atoms with Crippen molar-refractivity contribution < 1.29 is 0 Å². The van der Waals surface area contributed by atoms with Crippen molar-refractivity contribution in [3.05, 3.63) is 180 Å². The van der Waals surface area contributed by atoms with Crippen LogP contribution in [0, 0.1) is 13.8 Å². The highest BCUT2D eigenvalue weighted by molar-refractivity contribution is 5.99. The molecule has 0 spiro atoms. The van der Waals surface area contributed by atoms with Crippen LogP contribution in [0.5, 0.6) is 0 Å². The van der Waals surface area contributed by atoms with Gasteiger partial charge < -0.3 is 9.80 Å². The van der Waals surface area contributed by atoms with Gasteiger partial charge in [0.15, 0.2) is 0 Å². The Bertz CT molecular complexity index is 2130. The zero-order valence-corrected chi connectivity index (χ0v) is 29.6. The number of aryl methyl sites for hydroxylation is 2. The molecule has 0 N–H and O–H groups in total. The molecule has 6 aromatic carbocycles. The molecule has 0 saturated heterocycles. The second kappa shape index (κ2) is 15.1. The van der Waals surface area contributed by atoms with Gasteiger partial charge in [-0.3, -0.25) is 0 Å². The van der Waals surface area contributed by atoms with Crippen LogP contribution in [-0.4, -0.2) is 0 Å². The van der Waals surface area contributed by atoms with Crippen molar-refractivity contribution in [1.82, 2.24) is 0 Å². The minimum absolute atomic E-state index is 0.947. The van der Waals surface area contributed by atoms with Gasteiger partial charge in [-0.25, -0.2) is 0 Å². The molecule has 0 amide bonds. The van der Waals surface area contributed by atoms with Crippen molar-refractivity contribution in [2.24, 2.45) is 0 Å².